The molecule has 0 radical (unpaired) electrons. The lowest BCUT2D eigenvalue weighted by Gasteiger charge is -2.27. The highest BCUT2D eigenvalue weighted by Crippen LogP contribution is 2.22. The summed E-state index contributed by atoms with van der Waals surface area (Å²) in [5.41, 5.74) is -1.00. The summed E-state index contributed by atoms with van der Waals surface area (Å²) in [4.78, 5) is 23.8. The van der Waals surface area contributed by atoms with E-state index in [1.54, 1.807) is 0 Å². The van der Waals surface area contributed by atoms with Gasteiger partial charge in [-0.05, 0) is 20.3 Å². The van der Waals surface area contributed by atoms with Crippen LogP contribution in [0.2, 0.25) is 0 Å². The fourth-order valence-electron chi connectivity index (χ4n) is 1.01. The summed E-state index contributed by atoms with van der Waals surface area (Å²) in [5.74, 6) is -0.387. The van der Waals surface area contributed by atoms with Gasteiger partial charge in [0.2, 0.25) is 5.91 Å². The van der Waals surface area contributed by atoms with Crippen LogP contribution in [0.15, 0.2) is 0 Å². The van der Waals surface area contributed by atoms with Crippen LogP contribution >= 0.6 is 0 Å². The third-order valence-corrected chi connectivity index (χ3v) is 3.03. The van der Waals surface area contributed by atoms with Gasteiger partial charge in [-0.2, -0.15) is 0 Å². The van der Waals surface area contributed by atoms with Gasteiger partial charge in [-0.1, -0.05) is 34.6 Å². The van der Waals surface area contributed by atoms with Crippen LogP contribution in [-0.2, 0) is 14.3 Å². The Hall–Kier alpha value is -1.06. The third kappa shape index (κ3) is 5.07. The third-order valence-electron chi connectivity index (χ3n) is 3.03. The first-order valence-corrected chi connectivity index (χ1v) is 6.56. The molecular formula is C14H27NO3. The van der Waals surface area contributed by atoms with E-state index in [4.69, 9.17) is 4.74 Å². The lowest BCUT2D eigenvalue weighted by atomic mass is 9.90. The number of nitrogens with one attached hydrogen (secondary N) is 1. The zero-order valence-corrected chi connectivity index (χ0v) is 12.7. The molecule has 0 aliphatic carbocycles. The predicted molar refractivity (Wildman–Crippen MR) is 71.8 cm³/mol. The normalized spacial score (nSPS) is 13.9. The average Bonchev–Trinajstić information content (AvgIpc) is 2.26. The fourth-order valence-corrected chi connectivity index (χ4v) is 1.01. The minimum atomic E-state index is -0.546. The summed E-state index contributed by atoms with van der Waals surface area (Å²) < 4.78 is 5.35. The number of hydrogen-bond acceptors (Lipinski definition) is 3. The summed E-state index contributed by atoms with van der Waals surface area (Å²) in [6, 6.07) is 0. The van der Waals surface area contributed by atoms with Crippen molar-refractivity contribution in [2.45, 2.75) is 67.5 Å². The van der Waals surface area contributed by atoms with Crippen LogP contribution in [0.25, 0.3) is 0 Å². The van der Waals surface area contributed by atoms with E-state index < -0.39 is 17.1 Å². The van der Waals surface area contributed by atoms with Gasteiger partial charge in [0.25, 0.3) is 0 Å². The van der Waals surface area contributed by atoms with Crippen LogP contribution in [0.3, 0.4) is 0 Å². The number of amides is 1. The molecule has 1 amide bonds. The fraction of sp³-hybridized carbons (Fsp3) is 0.857. The van der Waals surface area contributed by atoms with Crippen molar-refractivity contribution in [3.63, 3.8) is 0 Å². The molecule has 106 valence electrons. The predicted octanol–water partition coefficient (Wildman–Crippen LogP) is 2.86. The van der Waals surface area contributed by atoms with E-state index >= 15 is 0 Å². The molecule has 0 fully saturated rings. The molecule has 0 saturated carbocycles. The first-order valence-electron chi connectivity index (χ1n) is 6.56. The highest BCUT2D eigenvalue weighted by molar-refractivity contribution is 5.82. The molecule has 0 bridgehead atoms. The van der Waals surface area contributed by atoms with Crippen LogP contribution in [0, 0.1) is 10.8 Å². The molecule has 0 spiro atoms. The Morgan fingerprint density at radius 1 is 1.11 bits per heavy atom. The Morgan fingerprint density at radius 3 is 1.94 bits per heavy atom. The molecule has 4 nitrogen and oxygen atoms in total. The van der Waals surface area contributed by atoms with Gasteiger partial charge in [-0.25, -0.2) is 0 Å². The maximum absolute atomic E-state index is 11.9. The van der Waals surface area contributed by atoms with Crippen molar-refractivity contribution >= 4 is 11.9 Å². The molecule has 0 aromatic heterocycles. The first-order chi connectivity index (χ1) is 8.04. The standard InChI is InChI=1S/C14H27NO3/c1-8-10(15-11(16)13(3,4)5)18-12(17)14(6,7)9-2/h10H,8-9H2,1-7H3,(H,15,16). The second kappa shape index (κ2) is 6.21. The van der Waals surface area contributed by atoms with Crippen LogP contribution < -0.4 is 5.32 Å². The quantitative estimate of drug-likeness (QED) is 0.608. The van der Waals surface area contributed by atoms with Crippen molar-refractivity contribution in [1.82, 2.24) is 5.32 Å². The number of esters is 1. The largest absolute Gasteiger partial charge is 0.441 e. The zero-order chi connectivity index (χ0) is 14.6. The summed E-state index contributed by atoms with van der Waals surface area (Å²) in [5, 5.41) is 2.75. The van der Waals surface area contributed by atoms with Crippen molar-refractivity contribution in [3.8, 4) is 0 Å². The number of carbonyl (C=O) groups excluding carboxylic acids is 2. The lowest BCUT2D eigenvalue weighted by Crippen LogP contribution is -2.45. The second-order valence-corrected chi connectivity index (χ2v) is 6.26. The number of hydrogen-bond donors (Lipinski definition) is 1. The monoisotopic (exact) mass is 257 g/mol. The van der Waals surface area contributed by atoms with Crippen molar-refractivity contribution in [2.75, 3.05) is 0 Å². The average molecular weight is 257 g/mol. The molecule has 1 unspecified atom stereocenters. The van der Waals surface area contributed by atoms with E-state index in [2.05, 4.69) is 5.32 Å². The van der Waals surface area contributed by atoms with E-state index in [9.17, 15) is 9.59 Å². The van der Waals surface area contributed by atoms with Crippen molar-refractivity contribution in [3.05, 3.63) is 0 Å². The Balaban J connectivity index is 4.55. The summed E-state index contributed by atoms with van der Waals surface area (Å²) in [6.45, 7) is 13.0. The Labute approximate surface area is 110 Å². The lowest BCUT2D eigenvalue weighted by molar-refractivity contribution is -0.163. The molecule has 1 N–H and O–H groups in total. The van der Waals surface area contributed by atoms with Gasteiger partial charge in [0.1, 0.15) is 0 Å². The zero-order valence-electron chi connectivity index (χ0n) is 12.7. The van der Waals surface area contributed by atoms with Crippen LogP contribution in [0.1, 0.15) is 61.3 Å². The van der Waals surface area contributed by atoms with Crippen LogP contribution in [0.4, 0.5) is 0 Å². The molecule has 18 heavy (non-hydrogen) atoms. The molecule has 0 heterocycles. The van der Waals surface area contributed by atoms with Gasteiger partial charge in [0.05, 0.1) is 5.41 Å². The highest BCUT2D eigenvalue weighted by atomic mass is 16.6. The van der Waals surface area contributed by atoms with Crippen molar-refractivity contribution in [1.29, 1.82) is 0 Å². The Morgan fingerprint density at radius 2 is 1.61 bits per heavy atom. The smallest absolute Gasteiger partial charge is 0.313 e. The maximum atomic E-state index is 11.9. The molecular weight excluding hydrogens is 230 g/mol. The first kappa shape index (κ1) is 16.9. The molecule has 0 aromatic carbocycles. The van der Waals surface area contributed by atoms with Gasteiger partial charge < -0.3 is 10.1 Å². The van der Waals surface area contributed by atoms with E-state index in [-0.39, 0.29) is 11.9 Å². The Kier molecular flexibility index (Phi) is 5.84. The maximum Gasteiger partial charge on any atom is 0.313 e. The molecule has 1 atom stereocenters. The molecule has 0 aliphatic rings. The van der Waals surface area contributed by atoms with E-state index in [0.29, 0.717) is 12.8 Å². The minimum Gasteiger partial charge on any atom is -0.441 e. The van der Waals surface area contributed by atoms with Gasteiger partial charge in [-0.15, -0.1) is 0 Å². The van der Waals surface area contributed by atoms with E-state index in [0.717, 1.165) is 0 Å². The van der Waals surface area contributed by atoms with Gasteiger partial charge in [0, 0.05) is 11.8 Å². The summed E-state index contributed by atoms with van der Waals surface area (Å²) in [6.07, 6.45) is 0.720. The van der Waals surface area contributed by atoms with Gasteiger partial charge in [0.15, 0.2) is 6.23 Å². The molecule has 0 rings (SSSR count). The van der Waals surface area contributed by atoms with Crippen molar-refractivity contribution in [2.24, 2.45) is 10.8 Å². The van der Waals surface area contributed by atoms with E-state index in [1.165, 1.54) is 0 Å². The SMILES string of the molecule is CCC(NC(=O)C(C)(C)C)OC(=O)C(C)(C)CC. The second-order valence-electron chi connectivity index (χ2n) is 6.26. The molecule has 0 saturated heterocycles. The summed E-state index contributed by atoms with van der Waals surface area (Å²) >= 11 is 0. The molecule has 4 heteroatoms. The summed E-state index contributed by atoms with van der Waals surface area (Å²) in [7, 11) is 0. The highest BCUT2D eigenvalue weighted by Gasteiger charge is 2.31. The number of carbonyl (C=O) groups is 2. The van der Waals surface area contributed by atoms with E-state index in [1.807, 2.05) is 48.5 Å². The van der Waals surface area contributed by atoms with Crippen LogP contribution in [0.5, 0.6) is 0 Å². The molecule has 0 aromatic rings. The number of rotatable bonds is 5. The minimum absolute atomic E-state index is 0.114. The van der Waals surface area contributed by atoms with Gasteiger partial charge in [-0.3, -0.25) is 9.59 Å². The van der Waals surface area contributed by atoms with Crippen LogP contribution in [-0.4, -0.2) is 18.1 Å². The molecule has 0 aliphatic heterocycles. The topological polar surface area (TPSA) is 55.4 Å². The van der Waals surface area contributed by atoms with Gasteiger partial charge >= 0.3 is 5.97 Å². The van der Waals surface area contributed by atoms with Crippen molar-refractivity contribution < 1.29 is 14.3 Å². The number of ether oxygens (including phenoxy) is 1. The Bertz CT molecular complexity index is 303.